The molecular formula is C26H30N2O4. The van der Waals surface area contributed by atoms with Gasteiger partial charge in [0.05, 0.1) is 24.7 Å². The van der Waals surface area contributed by atoms with Crippen LogP contribution in [0.15, 0.2) is 48.5 Å². The predicted octanol–water partition coefficient (Wildman–Crippen LogP) is 3.79. The molecule has 0 aromatic heterocycles. The van der Waals surface area contributed by atoms with Crippen molar-refractivity contribution in [1.82, 2.24) is 4.90 Å². The van der Waals surface area contributed by atoms with Gasteiger partial charge in [-0.3, -0.25) is 4.79 Å². The molecule has 1 amide bonds. The molecular weight excluding hydrogens is 404 g/mol. The molecule has 2 fully saturated rings. The first kappa shape index (κ1) is 22.2. The Morgan fingerprint density at radius 1 is 1.25 bits per heavy atom. The fraction of sp³-hybridized carbons (Fsp3) is 0.462. The van der Waals surface area contributed by atoms with Crippen LogP contribution in [0.25, 0.3) is 0 Å². The van der Waals surface area contributed by atoms with Crippen molar-refractivity contribution in [3.05, 3.63) is 59.7 Å². The fourth-order valence-corrected chi connectivity index (χ4v) is 5.79. The average Bonchev–Trinajstić information content (AvgIpc) is 3.24. The van der Waals surface area contributed by atoms with Crippen molar-refractivity contribution >= 4 is 5.91 Å². The normalized spacial score (nSPS) is 27.9. The Morgan fingerprint density at radius 2 is 1.97 bits per heavy atom. The van der Waals surface area contributed by atoms with Gasteiger partial charge < -0.3 is 19.8 Å². The predicted molar refractivity (Wildman–Crippen MR) is 120 cm³/mol. The molecule has 6 heteroatoms. The van der Waals surface area contributed by atoms with Gasteiger partial charge in [0.25, 0.3) is 0 Å². The Bertz CT molecular complexity index is 1030. The Hall–Kier alpha value is -3.04. The highest BCUT2D eigenvalue weighted by molar-refractivity contribution is 5.84. The number of para-hydroxylation sites is 2. The molecule has 4 rings (SSSR count). The number of aliphatic hydroxyl groups is 1. The smallest absolute Gasteiger partial charge is 0.229 e. The summed E-state index contributed by atoms with van der Waals surface area (Å²) in [5.41, 5.74) is 0.155. The molecule has 1 aliphatic carbocycles. The summed E-state index contributed by atoms with van der Waals surface area (Å²) in [6, 6.07) is 16.7. The molecule has 0 radical (unpaired) electrons. The molecule has 32 heavy (non-hydrogen) atoms. The number of nitrogens with zero attached hydrogens (tertiary/aromatic N) is 2. The Morgan fingerprint density at radius 3 is 2.69 bits per heavy atom. The van der Waals surface area contributed by atoms with Crippen LogP contribution in [-0.2, 0) is 10.4 Å². The summed E-state index contributed by atoms with van der Waals surface area (Å²) in [5, 5.41) is 31.6. The number of likely N-dealkylation sites (tertiary alicyclic amines) is 1. The zero-order valence-corrected chi connectivity index (χ0v) is 18.6. The second-order valence-corrected chi connectivity index (χ2v) is 9.18. The van der Waals surface area contributed by atoms with Crippen LogP contribution >= 0.6 is 0 Å². The highest BCUT2D eigenvalue weighted by Gasteiger charge is 2.54. The molecule has 0 spiro atoms. The topological polar surface area (TPSA) is 93.8 Å². The van der Waals surface area contributed by atoms with E-state index in [9.17, 15) is 20.3 Å². The maximum atomic E-state index is 13.4. The molecule has 2 N–H and O–H groups in total. The number of ether oxygens (including phenoxy) is 1. The lowest BCUT2D eigenvalue weighted by Gasteiger charge is -2.45. The van der Waals surface area contributed by atoms with Crippen molar-refractivity contribution in [2.45, 2.75) is 37.7 Å². The van der Waals surface area contributed by atoms with E-state index in [0.29, 0.717) is 37.2 Å². The molecule has 6 nitrogen and oxygen atoms in total. The number of rotatable bonds is 5. The van der Waals surface area contributed by atoms with Gasteiger partial charge in [-0.25, -0.2) is 0 Å². The number of amides is 1. The van der Waals surface area contributed by atoms with E-state index in [2.05, 4.69) is 6.07 Å². The van der Waals surface area contributed by atoms with Crippen molar-refractivity contribution in [3.8, 4) is 17.6 Å². The summed E-state index contributed by atoms with van der Waals surface area (Å²) in [6.07, 6.45) is 1.66. The third-order valence-corrected chi connectivity index (χ3v) is 7.33. The van der Waals surface area contributed by atoms with E-state index in [0.717, 1.165) is 12.0 Å². The van der Waals surface area contributed by atoms with Crippen molar-refractivity contribution in [1.29, 1.82) is 5.26 Å². The molecule has 1 unspecified atom stereocenters. The maximum Gasteiger partial charge on any atom is 0.229 e. The third-order valence-electron chi connectivity index (χ3n) is 7.33. The Kier molecular flexibility index (Phi) is 6.12. The van der Waals surface area contributed by atoms with E-state index >= 15 is 0 Å². The number of nitriles is 1. The van der Waals surface area contributed by atoms with Crippen LogP contribution in [0.5, 0.6) is 11.5 Å². The number of aromatic hydroxyl groups is 1. The zero-order valence-electron chi connectivity index (χ0n) is 18.6. The van der Waals surface area contributed by atoms with Crippen LogP contribution in [0.4, 0.5) is 0 Å². The standard InChI is InChI=1S/C26H30N2O4/c1-17(20-7-3-5-9-23(20)29)25(30)28-15-19-13-18(11-12-27)14-26(31,22(19)16-28)21-8-4-6-10-24(21)32-2/h3-10,17-19,22,29,31H,11,13-16H2,1-2H3/t17?,18-,19+,22-,26-/m1/s1. The number of benzene rings is 2. The van der Waals surface area contributed by atoms with Gasteiger partial charge in [-0.1, -0.05) is 36.4 Å². The van der Waals surface area contributed by atoms with Gasteiger partial charge in [0.1, 0.15) is 11.5 Å². The Labute approximate surface area is 189 Å². The van der Waals surface area contributed by atoms with Crippen LogP contribution in [0.2, 0.25) is 0 Å². The number of phenols is 1. The van der Waals surface area contributed by atoms with Crippen molar-refractivity contribution in [2.24, 2.45) is 17.8 Å². The van der Waals surface area contributed by atoms with Crippen LogP contribution in [-0.4, -0.2) is 41.2 Å². The molecule has 168 valence electrons. The fourth-order valence-electron chi connectivity index (χ4n) is 5.79. The van der Waals surface area contributed by atoms with Crippen LogP contribution in [0.3, 0.4) is 0 Å². The molecule has 2 aromatic carbocycles. The lowest BCUT2D eigenvalue weighted by Crippen LogP contribution is -2.46. The second-order valence-electron chi connectivity index (χ2n) is 9.18. The van der Waals surface area contributed by atoms with Crippen molar-refractivity contribution < 1.29 is 19.7 Å². The SMILES string of the molecule is COc1ccccc1[C@]1(O)C[C@H](CC#N)C[C@H]2CN(C(=O)C(C)c3ccccc3O)C[C@H]21. The van der Waals surface area contributed by atoms with E-state index in [-0.39, 0.29) is 29.4 Å². The monoisotopic (exact) mass is 434 g/mol. The molecule has 1 saturated carbocycles. The first-order valence-electron chi connectivity index (χ1n) is 11.2. The number of carbonyl (C=O) groups is 1. The number of hydrogen-bond donors (Lipinski definition) is 2. The summed E-state index contributed by atoms with van der Waals surface area (Å²) in [7, 11) is 1.59. The maximum absolute atomic E-state index is 13.4. The summed E-state index contributed by atoms with van der Waals surface area (Å²) in [4.78, 5) is 15.2. The molecule has 2 aliphatic rings. The van der Waals surface area contributed by atoms with Gasteiger partial charge in [0.2, 0.25) is 5.91 Å². The zero-order chi connectivity index (χ0) is 22.9. The van der Waals surface area contributed by atoms with E-state index in [1.807, 2.05) is 42.2 Å². The summed E-state index contributed by atoms with van der Waals surface area (Å²) in [6.45, 7) is 2.79. The van der Waals surface area contributed by atoms with Gasteiger partial charge in [-0.05, 0) is 43.7 Å². The molecule has 1 saturated heterocycles. The first-order valence-corrected chi connectivity index (χ1v) is 11.2. The minimum Gasteiger partial charge on any atom is -0.508 e. The molecule has 1 aliphatic heterocycles. The van der Waals surface area contributed by atoms with Gasteiger partial charge in [-0.2, -0.15) is 5.26 Å². The van der Waals surface area contributed by atoms with Gasteiger partial charge >= 0.3 is 0 Å². The van der Waals surface area contributed by atoms with Gasteiger partial charge in [0.15, 0.2) is 0 Å². The van der Waals surface area contributed by atoms with Crippen LogP contribution in [0, 0.1) is 29.1 Å². The number of carbonyl (C=O) groups excluding carboxylic acids is 1. The number of methoxy groups -OCH3 is 1. The molecule has 5 atom stereocenters. The van der Waals surface area contributed by atoms with Crippen molar-refractivity contribution in [2.75, 3.05) is 20.2 Å². The number of fused-ring (bicyclic) bond motifs is 1. The quantitative estimate of drug-likeness (QED) is 0.747. The lowest BCUT2D eigenvalue weighted by molar-refractivity contribution is -0.132. The van der Waals surface area contributed by atoms with Crippen molar-refractivity contribution in [3.63, 3.8) is 0 Å². The minimum absolute atomic E-state index is 0.0555. The van der Waals surface area contributed by atoms with E-state index in [1.54, 1.807) is 25.3 Å². The van der Waals surface area contributed by atoms with E-state index in [1.165, 1.54) is 0 Å². The number of phenolic OH excluding ortho intramolecular Hbond substituents is 1. The summed E-state index contributed by atoms with van der Waals surface area (Å²) in [5.74, 6) is 0.211. The summed E-state index contributed by atoms with van der Waals surface area (Å²) >= 11 is 0. The minimum atomic E-state index is -1.18. The molecule has 0 bridgehead atoms. The highest BCUT2D eigenvalue weighted by Crippen LogP contribution is 2.53. The highest BCUT2D eigenvalue weighted by atomic mass is 16.5. The third kappa shape index (κ3) is 3.82. The van der Waals surface area contributed by atoms with Gasteiger partial charge in [-0.15, -0.1) is 0 Å². The van der Waals surface area contributed by atoms with E-state index in [4.69, 9.17) is 4.74 Å². The number of hydrogen-bond acceptors (Lipinski definition) is 5. The molecule has 1 heterocycles. The van der Waals surface area contributed by atoms with E-state index < -0.39 is 11.5 Å². The summed E-state index contributed by atoms with van der Waals surface area (Å²) < 4.78 is 5.56. The average molecular weight is 435 g/mol. The molecule has 2 aromatic rings. The van der Waals surface area contributed by atoms with Gasteiger partial charge in [0, 0.05) is 36.6 Å². The second kappa shape index (κ2) is 8.84. The van der Waals surface area contributed by atoms with Crippen LogP contribution in [0.1, 0.15) is 43.2 Å². The first-order chi connectivity index (χ1) is 15.4. The lowest BCUT2D eigenvalue weighted by atomic mass is 9.63. The Balaban J connectivity index is 1.65. The largest absolute Gasteiger partial charge is 0.508 e. The van der Waals surface area contributed by atoms with Crippen LogP contribution < -0.4 is 4.74 Å².